The van der Waals surface area contributed by atoms with Crippen LogP contribution in [0.4, 0.5) is 5.69 Å². The van der Waals surface area contributed by atoms with Crippen molar-refractivity contribution in [3.8, 4) is 11.5 Å². The maximum atomic E-state index is 12.6. The van der Waals surface area contributed by atoms with Crippen LogP contribution in [-0.4, -0.2) is 24.5 Å². The number of hydrogen-bond donors (Lipinski definition) is 1. The summed E-state index contributed by atoms with van der Waals surface area (Å²) in [5.74, 6) is 1.14. The Morgan fingerprint density at radius 3 is 2.60 bits per heavy atom. The largest absolute Gasteiger partial charge is 0.493 e. The zero-order chi connectivity index (χ0) is 18.6. The standard InChI is InChI=1S/C17H20N2O6/c1-5-24-16-8-12(13(19(21)22)9-15(16)23-4)17(20)18-11(3)14-7-6-10(2)25-14/h6-9,11H,5H2,1-4H3,(H,18,20). The fourth-order valence-corrected chi connectivity index (χ4v) is 2.34. The van der Waals surface area contributed by atoms with Gasteiger partial charge in [-0.25, -0.2) is 0 Å². The molecular formula is C17H20N2O6. The van der Waals surface area contributed by atoms with Crippen LogP contribution in [0.1, 0.15) is 41.8 Å². The average molecular weight is 348 g/mol. The van der Waals surface area contributed by atoms with Crippen LogP contribution in [0.5, 0.6) is 11.5 Å². The summed E-state index contributed by atoms with van der Waals surface area (Å²) < 4.78 is 16.0. The number of furan rings is 1. The van der Waals surface area contributed by atoms with Gasteiger partial charge >= 0.3 is 0 Å². The van der Waals surface area contributed by atoms with Crippen LogP contribution in [0.25, 0.3) is 0 Å². The molecule has 8 nitrogen and oxygen atoms in total. The number of ether oxygens (including phenoxy) is 2. The number of nitrogens with zero attached hydrogens (tertiary/aromatic N) is 1. The van der Waals surface area contributed by atoms with Gasteiger partial charge in [-0.2, -0.15) is 0 Å². The first-order chi connectivity index (χ1) is 11.9. The molecule has 1 atom stereocenters. The lowest BCUT2D eigenvalue weighted by molar-refractivity contribution is -0.385. The molecule has 8 heteroatoms. The van der Waals surface area contributed by atoms with E-state index in [1.54, 1.807) is 32.9 Å². The molecule has 1 unspecified atom stereocenters. The van der Waals surface area contributed by atoms with Gasteiger partial charge in [0.1, 0.15) is 17.1 Å². The van der Waals surface area contributed by atoms with Crippen molar-refractivity contribution in [1.29, 1.82) is 0 Å². The number of carbonyl (C=O) groups excluding carboxylic acids is 1. The minimum atomic E-state index is -0.630. The Bertz CT molecular complexity index is 783. The molecule has 0 saturated heterocycles. The van der Waals surface area contributed by atoms with Crippen molar-refractivity contribution in [2.45, 2.75) is 26.8 Å². The smallest absolute Gasteiger partial charge is 0.286 e. The van der Waals surface area contributed by atoms with Gasteiger partial charge in [-0.05, 0) is 32.9 Å². The number of amides is 1. The molecule has 1 heterocycles. The van der Waals surface area contributed by atoms with E-state index >= 15 is 0 Å². The molecule has 2 aromatic rings. The molecule has 1 N–H and O–H groups in total. The number of hydrogen-bond acceptors (Lipinski definition) is 6. The quantitative estimate of drug-likeness (QED) is 0.607. The van der Waals surface area contributed by atoms with E-state index in [2.05, 4.69) is 5.32 Å². The van der Waals surface area contributed by atoms with Gasteiger partial charge in [0.25, 0.3) is 11.6 Å². The molecule has 0 aliphatic rings. The lowest BCUT2D eigenvalue weighted by atomic mass is 10.1. The van der Waals surface area contributed by atoms with Crippen molar-refractivity contribution in [2.75, 3.05) is 13.7 Å². The third kappa shape index (κ3) is 4.09. The molecule has 0 fully saturated rings. The van der Waals surface area contributed by atoms with Crippen LogP contribution >= 0.6 is 0 Å². The molecule has 1 aromatic heterocycles. The van der Waals surface area contributed by atoms with E-state index in [9.17, 15) is 14.9 Å². The molecule has 0 spiro atoms. The van der Waals surface area contributed by atoms with Gasteiger partial charge in [0, 0.05) is 6.07 Å². The first-order valence-corrected chi connectivity index (χ1v) is 7.73. The maximum absolute atomic E-state index is 12.6. The van der Waals surface area contributed by atoms with E-state index in [0.29, 0.717) is 18.1 Å². The van der Waals surface area contributed by atoms with Crippen LogP contribution in [0.15, 0.2) is 28.7 Å². The molecule has 0 radical (unpaired) electrons. The Balaban J connectivity index is 2.36. The first kappa shape index (κ1) is 18.3. The van der Waals surface area contributed by atoms with Gasteiger partial charge in [0.15, 0.2) is 11.5 Å². The normalized spacial score (nSPS) is 11.7. The van der Waals surface area contributed by atoms with E-state index in [1.165, 1.54) is 19.2 Å². The minimum absolute atomic E-state index is 0.107. The summed E-state index contributed by atoms with van der Waals surface area (Å²) in [4.78, 5) is 23.3. The van der Waals surface area contributed by atoms with Crippen molar-refractivity contribution in [2.24, 2.45) is 0 Å². The summed E-state index contributed by atoms with van der Waals surface area (Å²) in [6.45, 7) is 5.62. The Labute approximate surface area is 144 Å². The average Bonchev–Trinajstić information content (AvgIpc) is 3.01. The van der Waals surface area contributed by atoms with Crippen molar-refractivity contribution in [3.05, 3.63) is 51.5 Å². The van der Waals surface area contributed by atoms with Gasteiger partial charge in [0.05, 0.1) is 30.7 Å². The Morgan fingerprint density at radius 1 is 1.36 bits per heavy atom. The van der Waals surface area contributed by atoms with Gasteiger partial charge in [-0.15, -0.1) is 0 Å². The van der Waals surface area contributed by atoms with Crippen LogP contribution in [0.2, 0.25) is 0 Å². The Hall–Kier alpha value is -3.03. The predicted octanol–water partition coefficient (Wildman–Crippen LogP) is 3.39. The SMILES string of the molecule is CCOc1cc(C(=O)NC(C)c2ccc(C)o2)c([N+](=O)[O-])cc1OC. The van der Waals surface area contributed by atoms with Gasteiger partial charge in [0.2, 0.25) is 0 Å². The molecule has 0 bridgehead atoms. The van der Waals surface area contributed by atoms with Gasteiger partial charge in [-0.3, -0.25) is 14.9 Å². The summed E-state index contributed by atoms with van der Waals surface area (Å²) in [6, 6.07) is 5.57. The van der Waals surface area contributed by atoms with Crippen molar-refractivity contribution < 1.29 is 23.6 Å². The van der Waals surface area contributed by atoms with Crippen molar-refractivity contribution >= 4 is 11.6 Å². The Kier molecular flexibility index (Phi) is 5.63. The first-order valence-electron chi connectivity index (χ1n) is 7.73. The monoisotopic (exact) mass is 348 g/mol. The highest BCUT2D eigenvalue weighted by Crippen LogP contribution is 2.35. The minimum Gasteiger partial charge on any atom is -0.493 e. The van der Waals surface area contributed by atoms with E-state index in [4.69, 9.17) is 13.9 Å². The van der Waals surface area contributed by atoms with Gasteiger partial charge in [-0.1, -0.05) is 0 Å². The number of nitrogens with one attached hydrogen (secondary N) is 1. The summed E-state index contributed by atoms with van der Waals surface area (Å²) in [5, 5.41) is 14.0. The summed E-state index contributed by atoms with van der Waals surface area (Å²) in [5.41, 5.74) is -0.468. The topological polar surface area (TPSA) is 104 Å². The number of nitro groups is 1. The highest BCUT2D eigenvalue weighted by Gasteiger charge is 2.26. The lowest BCUT2D eigenvalue weighted by Gasteiger charge is -2.14. The second kappa shape index (κ2) is 7.69. The zero-order valence-electron chi connectivity index (χ0n) is 14.5. The summed E-state index contributed by atoms with van der Waals surface area (Å²) in [6.07, 6.45) is 0. The molecule has 1 amide bonds. The van der Waals surface area contributed by atoms with Crippen LogP contribution in [0.3, 0.4) is 0 Å². The Morgan fingerprint density at radius 2 is 2.08 bits per heavy atom. The van der Waals surface area contributed by atoms with Crippen LogP contribution in [0, 0.1) is 17.0 Å². The summed E-state index contributed by atoms with van der Waals surface area (Å²) in [7, 11) is 1.38. The highest BCUT2D eigenvalue weighted by atomic mass is 16.6. The molecule has 25 heavy (non-hydrogen) atoms. The van der Waals surface area contributed by atoms with Crippen molar-refractivity contribution in [3.63, 3.8) is 0 Å². The maximum Gasteiger partial charge on any atom is 0.286 e. The summed E-state index contributed by atoms with van der Waals surface area (Å²) >= 11 is 0. The molecular weight excluding hydrogens is 328 g/mol. The highest BCUT2D eigenvalue weighted by molar-refractivity contribution is 5.99. The third-order valence-electron chi connectivity index (χ3n) is 3.56. The third-order valence-corrected chi connectivity index (χ3v) is 3.56. The number of nitro benzene ring substituents is 1. The number of carbonyl (C=O) groups is 1. The van der Waals surface area contributed by atoms with Crippen LogP contribution < -0.4 is 14.8 Å². The fraction of sp³-hybridized carbons (Fsp3) is 0.353. The number of methoxy groups -OCH3 is 1. The number of rotatable bonds is 7. The van der Waals surface area contributed by atoms with E-state index in [-0.39, 0.29) is 22.7 Å². The van der Waals surface area contributed by atoms with E-state index in [1.807, 2.05) is 0 Å². The molecule has 0 aliphatic carbocycles. The second-order valence-corrected chi connectivity index (χ2v) is 5.35. The second-order valence-electron chi connectivity index (χ2n) is 5.35. The fourth-order valence-electron chi connectivity index (χ4n) is 2.34. The van der Waals surface area contributed by atoms with Gasteiger partial charge < -0.3 is 19.2 Å². The number of benzene rings is 1. The number of aryl methyl sites for hydroxylation is 1. The van der Waals surface area contributed by atoms with Crippen molar-refractivity contribution in [1.82, 2.24) is 5.32 Å². The molecule has 134 valence electrons. The lowest BCUT2D eigenvalue weighted by Crippen LogP contribution is -2.27. The van der Waals surface area contributed by atoms with E-state index < -0.39 is 16.9 Å². The molecule has 0 saturated carbocycles. The van der Waals surface area contributed by atoms with Crippen LogP contribution in [-0.2, 0) is 0 Å². The van der Waals surface area contributed by atoms with E-state index in [0.717, 1.165) is 0 Å². The zero-order valence-corrected chi connectivity index (χ0v) is 14.5. The molecule has 2 rings (SSSR count). The predicted molar refractivity (Wildman–Crippen MR) is 90.1 cm³/mol. The molecule has 1 aromatic carbocycles. The molecule has 0 aliphatic heterocycles.